The molecule has 0 saturated carbocycles. The third-order valence-corrected chi connectivity index (χ3v) is 7.07. The molecule has 0 aliphatic heterocycles. The van der Waals surface area contributed by atoms with Gasteiger partial charge in [0.1, 0.15) is 0 Å². The molecule has 180 valence electrons. The van der Waals surface area contributed by atoms with Crippen molar-refractivity contribution < 1.29 is 18.0 Å². The van der Waals surface area contributed by atoms with Gasteiger partial charge in [0, 0.05) is 25.6 Å². The minimum atomic E-state index is -3.76. The quantitative estimate of drug-likeness (QED) is 0.451. The third-order valence-electron chi connectivity index (χ3n) is 5.59. The van der Waals surface area contributed by atoms with Crippen LogP contribution in [0.4, 0.5) is 5.69 Å². The molecule has 33 heavy (non-hydrogen) atoms. The van der Waals surface area contributed by atoms with Gasteiger partial charge in [0.05, 0.1) is 10.9 Å². The van der Waals surface area contributed by atoms with Crippen molar-refractivity contribution in [3.63, 3.8) is 0 Å². The lowest BCUT2D eigenvalue weighted by atomic mass is 9.92. The minimum absolute atomic E-state index is 0.0145. The molecule has 0 saturated heterocycles. The fraction of sp³-hybridized carbons (Fsp3) is 0.440. The van der Waals surface area contributed by atoms with Crippen molar-refractivity contribution in [2.45, 2.75) is 64.3 Å². The fourth-order valence-corrected chi connectivity index (χ4v) is 4.48. The number of hydrogen-bond donors (Lipinski definition) is 3. The third kappa shape index (κ3) is 7.98. The zero-order chi connectivity index (χ0) is 24.6. The highest BCUT2D eigenvalue weighted by Gasteiger charge is 2.20. The first kappa shape index (κ1) is 26.5. The Morgan fingerprint density at radius 3 is 2.00 bits per heavy atom. The molecule has 0 radical (unpaired) electrons. The fourth-order valence-electron chi connectivity index (χ4n) is 3.45. The first-order chi connectivity index (χ1) is 15.5. The Hall–Kier alpha value is -2.71. The maximum Gasteiger partial charge on any atom is 0.240 e. The summed E-state index contributed by atoms with van der Waals surface area (Å²) >= 11 is 0. The smallest absolute Gasteiger partial charge is 0.240 e. The first-order valence-corrected chi connectivity index (χ1v) is 12.8. The van der Waals surface area contributed by atoms with Gasteiger partial charge in [0.15, 0.2) is 0 Å². The van der Waals surface area contributed by atoms with Crippen LogP contribution in [-0.2, 0) is 19.6 Å². The average Bonchev–Trinajstić information content (AvgIpc) is 2.76. The summed E-state index contributed by atoms with van der Waals surface area (Å²) < 4.78 is 27.4. The van der Waals surface area contributed by atoms with Gasteiger partial charge in [-0.25, -0.2) is 13.1 Å². The van der Waals surface area contributed by atoms with Crippen LogP contribution >= 0.6 is 0 Å². The van der Waals surface area contributed by atoms with Crippen LogP contribution < -0.4 is 15.4 Å². The predicted molar refractivity (Wildman–Crippen MR) is 131 cm³/mol. The highest BCUT2D eigenvalue weighted by atomic mass is 32.2. The number of sulfonamides is 1. The summed E-state index contributed by atoms with van der Waals surface area (Å²) in [7, 11) is -3.76. The lowest BCUT2D eigenvalue weighted by Gasteiger charge is -2.23. The van der Waals surface area contributed by atoms with Gasteiger partial charge in [-0.3, -0.25) is 9.59 Å². The van der Waals surface area contributed by atoms with Gasteiger partial charge in [0.25, 0.3) is 0 Å². The molecule has 2 rings (SSSR count). The second-order valence-electron chi connectivity index (χ2n) is 8.62. The summed E-state index contributed by atoms with van der Waals surface area (Å²) in [6.45, 7) is 9.80. The zero-order valence-electron chi connectivity index (χ0n) is 20.0. The molecular weight excluding hydrogens is 438 g/mol. The highest BCUT2D eigenvalue weighted by molar-refractivity contribution is 7.89. The highest BCUT2D eigenvalue weighted by Crippen LogP contribution is 2.25. The molecule has 0 bridgehead atoms. The molecular formula is C25H35N3O4S. The first-order valence-electron chi connectivity index (χ1n) is 11.3. The molecule has 2 unspecified atom stereocenters. The van der Waals surface area contributed by atoms with Crippen LogP contribution in [0.25, 0.3) is 0 Å². The number of nitrogens with one attached hydrogen (secondary N) is 3. The van der Waals surface area contributed by atoms with Crippen LogP contribution in [-0.4, -0.2) is 26.8 Å². The van der Waals surface area contributed by atoms with E-state index in [-0.39, 0.29) is 41.6 Å². The van der Waals surface area contributed by atoms with E-state index in [1.807, 2.05) is 13.8 Å². The van der Waals surface area contributed by atoms with E-state index < -0.39 is 10.0 Å². The molecule has 0 spiro atoms. The molecule has 3 N–H and O–H groups in total. The Morgan fingerprint density at radius 2 is 1.48 bits per heavy atom. The van der Waals surface area contributed by atoms with Crippen molar-refractivity contribution in [3.05, 3.63) is 59.7 Å². The minimum Gasteiger partial charge on any atom is -0.349 e. The molecule has 8 heteroatoms. The van der Waals surface area contributed by atoms with Crippen molar-refractivity contribution in [2.24, 2.45) is 5.92 Å². The summed E-state index contributed by atoms with van der Waals surface area (Å²) in [6.07, 6.45) is 1.09. The van der Waals surface area contributed by atoms with Crippen molar-refractivity contribution >= 4 is 27.5 Å². The molecule has 0 aliphatic carbocycles. The van der Waals surface area contributed by atoms with Gasteiger partial charge >= 0.3 is 0 Å². The van der Waals surface area contributed by atoms with Gasteiger partial charge < -0.3 is 10.6 Å². The van der Waals surface area contributed by atoms with Gasteiger partial charge in [-0.05, 0) is 53.6 Å². The summed E-state index contributed by atoms with van der Waals surface area (Å²) in [5.41, 5.74) is 2.82. The van der Waals surface area contributed by atoms with Gasteiger partial charge in [-0.15, -0.1) is 0 Å². The van der Waals surface area contributed by atoms with Crippen LogP contribution in [0.3, 0.4) is 0 Å². The molecule has 2 atom stereocenters. The van der Waals surface area contributed by atoms with Gasteiger partial charge in [-0.2, -0.15) is 0 Å². The van der Waals surface area contributed by atoms with Crippen molar-refractivity contribution in [1.29, 1.82) is 0 Å². The summed E-state index contributed by atoms with van der Waals surface area (Å²) in [6, 6.07) is 14.0. The Morgan fingerprint density at radius 1 is 0.909 bits per heavy atom. The van der Waals surface area contributed by atoms with Gasteiger partial charge in [0.2, 0.25) is 21.8 Å². The second kappa shape index (κ2) is 12.0. The topological polar surface area (TPSA) is 104 Å². The van der Waals surface area contributed by atoms with Gasteiger partial charge in [-0.1, -0.05) is 52.0 Å². The molecule has 7 nitrogen and oxygen atoms in total. The number of rotatable bonds is 11. The SMILES string of the molecule is CCC(C)c1ccc(C(NC(=O)CCNS(=O)(=O)c2ccc(NC(C)=O)cc2)C(C)C)cc1. The Kier molecular flexibility index (Phi) is 9.61. The molecule has 2 amide bonds. The predicted octanol–water partition coefficient (Wildman–Crippen LogP) is 4.34. The van der Waals surface area contributed by atoms with Crippen LogP contribution in [0.15, 0.2) is 53.4 Å². The number of anilines is 1. The van der Waals surface area contributed by atoms with E-state index in [0.717, 1.165) is 12.0 Å². The zero-order valence-corrected chi connectivity index (χ0v) is 20.8. The molecule has 2 aromatic carbocycles. The molecule has 0 fully saturated rings. The largest absolute Gasteiger partial charge is 0.349 e. The van der Waals surface area contributed by atoms with Crippen molar-refractivity contribution in [3.8, 4) is 0 Å². The maximum atomic E-state index is 12.5. The lowest BCUT2D eigenvalue weighted by Crippen LogP contribution is -2.34. The second-order valence-corrected chi connectivity index (χ2v) is 10.4. The molecule has 0 aromatic heterocycles. The standard InChI is InChI=1S/C25H35N3O4S/c1-6-18(4)20-7-9-21(10-8-20)25(17(2)3)28-24(30)15-16-26-33(31,32)23-13-11-22(12-14-23)27-19(5)29/h7-14,17-18,25-26H,6,15-16H2,1-5H3,(H,27,29)(H,28,30). The number of carbonyl (C=O) groups is 2. The van der Waals surface area contributed by atoms with E-state index in [1.165, 1.54) is 36.8 Å². The molecule has 0 aliphatic rings. The Labute approximate surface area is 197 Å². The van der Waals surface area contributed by atoms with Crippen molar-refractivity contribution in [1.82, 2.24) is 10.0 Å². The van der Waals surface area contributed by atoms with E-state index in [2.05, 4.69) is 53.5 Å². The number of benzene rings is 2. The molecule has 2 aromatic rings. The Balaban J connectivity index is 1.93. The van der Waals surface area contributed by atoms with Crippen LogP contribution in [0.5, 0.6) is 0 Å². The summed E-state index contributed by atoms with van der Waals surface area (Å²) in [5.74, 6) is 0.215. The van der Waals surface area contributed by atoms with E-state index in [1.54, 1.807) is 0 Å². The number of hydrogen-bond acceptors (Lipinski definition) is 4. The number of amides is 2. The lowest BCUT2D eigenvalue weighted by molar-refractivity contribution is -0.122. The monoisotopic (exact) mass is 473 g/mol. The van der Waals surface area contributed by atoms with Crippen molar-refractivity contribution in [2.75, 3.05) is 11.9 Å². The van der Waals surface area contributed by atoms with E-state index in [0.29, 0.717) is 11.6 Å². The summed E-state index contributed by atoms with van der Waals surface area (Å²) in [5, 5.41) is 5.62. The molecule has 0 heterocycles. The van der Waals surface area contributed by atoms with Crippen LogP contribution in [0.1, 0.15) is 70.5 Å². The van der Waals surface area contributed by atoms with E-state index in [4.69, 9.17) is 0 Å². The van der Waals surface area contributed by atoms with Crippen LogP contribution in [0, 0.1) is 5.92 Å². The van der Waals surface area contributed by atoms with E-state index in [9.17, 15) is 18.0 Å². The van der Waals surface area contributed by atoms with E-state index >= 15 is 0 Å². The average molecular weight is 474 g/mol. The Bertz CT molecular complexity index is 1030. The van der Waals surface area contributed by atoms with Crippen LogP contribution in [0.2, 0.25) is 0 Å². The normalized spacial score (nSPS) is 13.4. The number of carbonyl (C=O) groups excluding carboxylic acids is 2. The maximum absolute atomic E-state index is 12.5. The summed E-state index contributed by atoms with van der Waals surface area (Å²) in [4.78, 5) is 23.7.